The average molecular weight is 304 g/mol. The third-order valence-electron chi connectivity index (χ3n) is 2.40. The molecule has 104 valence electrons. The van der Waals surface area contributed by atoms with Gasteiger partial charge in [0.1, 0.15) is 0 Å². The molecule has 0 aliphatic carbocycles. The number of benzene rings is 1. The number of nitrogens with zero attached hydrogens (tertiary/aromatic N) is 1. The van der Waals surface area contributed by atoms with Gasteiger partial charge in [-0.05, 0) is 19.1 Å². The normalized spacial score (nSPS) is 10.1. The first kappa shape index (κ1) is 15.6. The molecule has 1 rings (SSSR count). The van der Waals surface area contributed by atoms with Crippen LogP contribution in [0.25, 0.3) is 0 Å². The van der Waals surface area contributed by atoms with E-state index in [1.807, 2.05) is 0 Å². The maximum Gasteiger partial charge on any atom is 0.254 e. The van der Waals surface area contributed by atoms with Gasteiger partial charge in [-0.15, -0.1) is 0 Å². The molecule has 7 heteroatoms. The van der Waals surface area contributed by atoms with Crippen LogP contribution in [0.5, 0.6) is 0 Å². The van der Waals surface area contributed by atoms with Crippen molar-refractivity contribution in [3.63, 3.8) is 0 Å². The van der Waals surface area contributed by atoms with E-state index in [-0.39, 0.29) is 34.1 Å². The van der Waals surface area contributed by atoms with E-state index in [1.165, 1.54) is 24.1 Å². The fourth-order valence-corrected chi connectivity index (χ4v) is 1.83. The van der Waals surface area contributed by atoms with Gasteiger partial charge in [0.2, 0.25) is 5.91 Å². The van der Waals surface area contributed by atoms with Crippen LogP contribution in [0.4, 0.5) is 5.69 Å². The summed E-state index contributed by atoms with van der Waals surface area (Å²) in [4.78, 5) is 24.8. The van der Waals surface area contributed by atoms with Crippen molar-refractivity contribution < 1.29 is 9.59 Å². The van der Waals surface area contributed by atoms with Gasteiger partial charge in [-0.1, -0.05) is 23.2 Å². The number of nitrogens with one attached hydrogen (secondary N) is 1. The molecule has 2 amide bonds. The van der Waals surface area contributed by atoms with Crippen molar-refractivity contribution in [3.05, 3.63) is 27.7 Å². The van der Waals surface area contributed by atoms with E-state index in [0.29, 0.717) is 12.1 Å². The van der Waals surface area contributed by atoms with Crippen LogP contribution < -0.4 is 11.1 Å². The summed E-state index contributed by atoms with van der Waals surface area (Å²) in [7, 11) is 1.52. The van der Waals surface area contributed by atoms with E-state index in [4.69, 9.17) is 28.9 Å². The lowest BCUT2D eigenvalue weighted by Crippen LogP contribution is -2.38. The van der Waals surface area contributed by atoms with Gasteiger partial charge in [-0.3, -0.25) is 9.59 Å². The third kappa shape index (κ3) is 4.01. The van der Waals surface area contributed by atoms with Crippen molar-refractivity contribution in [1.82, 2.24) is 10.2 Å². The van der Waals surface area contributed by atoms with Crippen molar-refractivity contribution >= 4 is 40.7 Å². The monoisotopic (exact) mass is 303 g/mol. The number of rotatable bonds is 4. The first-order valence-corrected chi connectivity index (χ1v) is 6.39. The first-order chi connectivity index (χ1) is 8.86. The molecule has 19 heavy (non-hydrogen) atoms. The summed E-state index contributed by atoms with van der Waals surface area (Å²) in [5, 5.41) is 3.03. The van der Waals surface area contributed by atoms with Crippen molar-refractivity contribution in [2.45, 2.75) is 6.92 Å². The Bertz CT molecular complexity index is 483. The third-order valence-corrected chi connectivity index (χ3v) is 3.22. The average Bonchev–Trinajstić information content (AvgIpc) is 2.34. The molecule has 0 spiro atoms. The van der Waals surface area contributed by atoms with Crippen LogP contribution in [-0.4, -0.2) is 36.9 Å². The first-order valence-electron chi connectivity index (χ1n) is 5.63. The number of amides is 2. The van der Waals surface area contributed by atoms with Crippen molar-refractivity contribution in [1.29, 1.82) is 0 Å². The van der Waals surface area contributed by atoms with Crippen LogP contribution in [0.15, 0.2) is 12.1 Å². The highest BCUT2D eigenvalue weighted by atomic mass is 35.5. The van der Waals surface area contributed by atoms with Gasteiger partial charge in [0.25, 0.3) is 5.91 Å². The molecule has 0 aliphatic rings. The Morgan fingerprint density at radius 1 is 1.37 bits per heavy atom. The van der Waals surface area contributed by atoms with Crippen LogP contribution in [0.1, 0.15) is 17.3 Å². The van der Waals surface area contributed by atoms with E-state index in [0.717, 1.165) is 0 Å². The number of hydrogen-bond donors (Lipinski definition) is 2. The van der Waals surface area contributed by atoms with Crippen LogP contribution in [0.3, 0.4) is 0 Å². The molecule has 0 radical (unpaired) electrons. The Balaban J connectivity index is 2.85. The number of likely N-dealkylation sites (N-methyl/N-ethyl adjacent to an activating group) is 2. The van der Waals surface area contributed by atoms with Crippen LogP contribution in [0.2, 0.25) is 10.0 Å². The molecule has 0 atom stereocenters. The summed E-state index contributed by atoms with van der Waals surface area (Å²) < 4.78 is 0. The molecule has 5 nitrogen and oxygen atoms in total. The summed E-state index contributed by atoms with van der Waals surface area (Å²) in [6.07, 6.45) is 0. The van der Waals surface area contributed by atoms with Crippen molar-refractivity contribution in [3.8, 4) is 0 Å². The maximum absolute atomic E-state index is 12.1. The number of carbonyl (C=O) groups is 2. The van der Waals surface area contributed by atoms with Gasteiger partial charge in [-0.2, -0.15) is 0 Å². The zero-order valence-electron chi connectivity index (χ0n) is 10.7. The standard InChI is InChI=1S/C12H15Cl2N3O2/c1-3-16-10(18)6-17(2)12(19)7-4-8(13)11(14)9(15)5-7/h4-5H,3,6,15H2,1-2H3,(H,16,18). The van der Waals surface area contributed by atoms with E-state index in [2.05, 4.69) is 5.32 Å². The van der Waals surface area contributed by atoms with E-state index >= 15 is 0 Å². The lowest BCUT2D eigenvalue weighted by atomic mass is 10.2. The Kier molecular flexibility index (Phi) is 5.44. The number of halogens is 2. The zero-order chi connectivity index (χ0) is 14.6. The van der Waals surface area contributed by atoms with E-state index in [1.54, 1.807) is 6.92 Å². The molecule has 0 saturated heterocycles. The lowest BCUT2D eigenvalue weighted by Gasteiger charge is -2.17. The minimum absolute atomic E-state index is 0.0349. The topological polar surface area (TPSA) is 75.4 Å². The number of nitrogens with two attached hydrogens (primary N) is 1. The Labute approximate surface area is 121 Å². The fraction of sp³-hybridized carbons (Fsp3) is 0.333. The van der Waals surface area contributed by atoms with Crippen molar-refractivity contribution in [2.24, 2.45) is 0 Å². The summed E-state index contributed by atoms with van der Waals surface area (Å²) >= 11 is 11.7. The molecule has 1 aromatic carbocycles. The fourth-order valence-electron chi connectivity index (χ4n) is 1.49. The van der Waals surface area contributed by atoms with Gasteiger partial charge in [0, 0.05) is 19.2 Å². The van der Waals surface area contributed by atoms with Crippen LogP contribution >= 0.6 is 23.2 Å². The Morgan fingerprint density at radius 3 is 2.53 bits per heavy atom. The maximum atomic E-state index is 12.1. The number of anilines is 1. The summed E-state index contributed by atoms with van der Waals surface area (Å²) in [6, 6.07) is 2.86. The van der Waals surface area contributed by atoms with Gasteiger partial charge in [-0.25, -0.2) is 0 Å². The molecule has 0 aliphatic heterocycles. The highest BCUT2D eigenvalue weighted by Crippen LogP contribution is 2.29. The minimum Gasteiger partial charge on any atom is -0.397 e. The molecule has 0 saturated carbocycles. The molecule has 0 unspecified atom stereocenters. The molecule has 1 aromatic rings. The Hall–Kier alpha value is -1.46. The number of nitrogen functional groups attached to an aromatic ring is 1. The molecule has 3 N–H and O–H groups in total. The second kappa shape index (κ2) is 6.63. The smallest absolute Gasteiger partial charge is 0.254 e. The zero-order valence-corrected chi connectivity index (χ0v) is 12.2. The summed E-state index contributed by atoms with van der Waals surface area (Å²) in [5.74, 6) is -0.581. The van der Waals surface area contributed by atoms with Crippen LogP contribution in [-0.2, 0) is 4.79 Å². The minimum atomic E-state index is -0.350. The largest absolute Gasteiger partial charge is 0.397 e. The predicted molar refractivity (Wildman–Crippen MR) is 76.5 cm³/mol. The lowest BCUT2D eigenvalue weighted by molar-refractivity contribution is -0.121. The Morgan fingerprint density at radius 2 is 2.00 bits per heavy atom. The van der Waals surface area contributed by atoms with E-state index in [9.17, 15) is 9.59 Å². The van der Waals surface area contributed by atoms with Gasteiger partial charge >= 0.3 is 0 Å². The molecule has 0 aromatic heterocycles. The predicted octanol–water partition coefficient (Wildman–Crippen LogP) is 1.78. The van der Waals surface area contributed by atoms with Gasteiger partial charge < -0.3 is 16.0 Å². The second-order valence-electron chi connectivity index (χ2n) is 3.98. The van der Waals surface area contributed by atoms with Crippen molar-refractivity contribution in [2.75, 3.05) is 25.9 Å². The SMILES string of the molecule is CCNC(=O)CN(C)C(=O)c1cc(N)c(Cl)c(Cl)c1. The van der Waals surface area contributed by atoms with Crippen LogP contribution in [0, 0.1) is 0 Å². The highest BCUT2D eigenvalue weighted by Gasteiger charge is 2.17. The summed E-state index contributed by atoms with van der Waals surface area (Å²) in [6.45, 7) is 2.28. The molecular formula is C12H15Cl2N3O2. The van der Waals surface area contributed by atoms with Gasteiger partial charge in [0.15, 0.2) is 0 Å². The molecule has 0 heterocycles. The molecule has 0 bridgehead atoms. The van der Waals surface area contributed by atoms with E-state index < -0.39 is 0 Å². The highest BCUT2D eigenvalue weighted by molar-refractivity contribution is 6.43. The molecular weight excluding hydrogens is 289 g/mol. The summed E-state index contributed by atoms with van der Waals surface area (Å²) in [5.41, 5.74) is 6.16. The van der Waals surface area contributed by atoms with Gasteiger partial charge in [0.05, 0.1) is 22.3 Å². The number of hydrogen-bond acceptors (Lipinski definition) is 3. The quantitative estimate of drug-likeness (QED) is 0.833. The molecule has 0 fully saturated rings. The number of carbonyl (C=O) groups excluding carboxylic acids is 2. The second-order valence-corrected chi connectivity index (χ2v) is 4.76.